The zero-order valence-corrected chi connectivity index (χ0v) is 7.77. The fourth-order valence-electron chi connectivity index (χ4n) is 1.32. The second kappa shape index (κ2) is 3.53. The third-order valence-electron chi connectivity index (χ3n) is 1.98. The third-order valence-corrected chi connectivity index (χ3v) is 1.98. The number of carbonyl (C=O) groups excluding carboxylic acids is 1. The van der Waals surface area contributed by atoms with E-state index in [4.69, 9.17) is 10.2 Å². The van der Waals surface area contributed by atoms with Gasteiger partial charge >= 0.3 is 0 Å². The predicted octanol–water partition coefficient (Wildman–Crippen LogP) is 0.216. The van der Waals surface area contributed by atoms with Crippen LogP contribution in [0.15, 0.2) is 33.8 Å². The minimum absolute atomic E-state index is 0.118. The Balaban J connectivity index is 2.65. The molecule has 0 atom stereocenters. The van der Waals surface area contributed by atoms with Crippen LogP contribution in [0, 0.1) is 0 Å². The summed E-state index contributed by atoms with van der Waals surface area (Å²) in [6.45, 7) is 0. The molecule has 2 rings (SSSR count). The Bertz CT molecular complexity index is 574. The monoisotopic (exact) mass is 204 g/mol. The Morgan fingerprint density at radius 3 is 3.07 bits per heavy atom. The molecule has 5 nitrogen and oxygen atoms in total. The number of primary amides is 1. The SMILES string of the molecule is NC(=O)Cc1coc2ncccc2c1=O. The standard InChI is InChI=1S/C10H8N2O3/c11-8(13)4-6-5-15-10-7(9(6)14)2-1-3-12-10/h1-3,5H,4H2,(H2,11,13). The number of fused-ring (bicyclic) bond motifs is 1. The van der Waals surface area contributed by atoms with Crippen molar-refractivity contribution >= 4 is 17.0 Å². The summed E-state index contributed by atoms with van der Waals surface area (Å²) in [7, 11) is 0. The lowest BCUT2D eigenvalue weighted by Gasteiger charge is -1.98. The molecule has 2 heterocycles. The number of amides is 1. The number of carbonyl (C=O) groups is 1. The van der Waals surface area contributed by atoms with Crippen LogP contribution in [0.2, 0.25) is 0 Å². The molecule has 2 aromatic heterocycles. The molecule has 0 aromatic carbocycles. The number of rotatable bonds is 2. The molecule has 76 valence electrons. The quantitative estimate of drug-likeness (QED) is 0.757. The van der Waals surface area contributed by atoms with Crippen molar-refractivity contribution in [1.82, 2.24) is 4.98 Å². The number of aromatic nitrogens is 1. The van der Waals surface area contributed by atoms with Crippen LogP contribution in [-0.4, -0.2) is 10.9 Å². The number of hydrogen-bond acceptors (Lipinski definition) is 4. The topological polar surface area (TPSA) is 86.2 Å². The molecule has 0 fully saturated rings. The minimum Gasteiger partial charge on any atom is -0.446 e. The predicted molar refractivity (Wildman–Crippen MR) is 53.2 cm³/mol. The van der Waals surface area contributed by atoms with Crippen molar-refractivity contribution < 1.29 is 9.21 Å². The summed E-state index contributed by atoms with van der Waals surface area (Å²) in [5.41, 5.74) is 5.25. The highest BCUT2D eigenvalue weighted by Crippen LogP contribution is 2.07. The summed E-state index contributed by atoms with van der Waals surface area (Å²) in [6.07, 6.45) is 2.63. The number of pyridine rings is 1. The van der Waals surface area contributed by atoms with E-state index in [2.05, 4.69) is 4.98 Å². The molecule has 0 bridgehead atoms. The van der Waals surface area contributed by atoms with Gasteiger partial charge in [-0.2, -0.15) is 0 Å². The summed E-state index contributed by atoms with van der Waals surface area (Å²) in [6, 6.07) is 3.23. The highest BCUT2D eigenvalue weighted by atomic mass is 16.3. The first-order valence-electron chi connectivity index (χ1n) is 4.32. The van der Waals surface area contributed by atoms with E-state index in [0.717, 1.165) is 0 Å². The van der Waals surface area contributed by atoms with E-state index in [0.29, 0.717) is 5.39 Å². The Kier molecular flexibility index (Phi) is 2.21. The molecule has 0 saturated carbocycles. The number of hydrogen-bond donors (Lipinski definition) is 1. The van der Waals surface area contributed by atoms with E-state index < -0.39 is 5.91 Å². The smallest absolute Gasteiger partial charge is 0.229 e. The van der Waals surface area contributed by atoms with Gasteiger partial charge in [-0.05, 0) is 12.1 Å². The summed E-state index contributed by atoms with van der Waals surface area (Å²) in [5.74, 6) is -0.564. The van der Waals surface area contributed by atoms with E-state index in [1.54, 1.807) is 12.1 Å². The fraction of sp³-hybridized carbons (Fsp3) is 0.100. The first-order chi connectivity index (χ1) is 7.18. The number of nitrogens with two attached hydrogens (primary N) is 1. The van der Waals surface area contributed by atoms with Gasteiger partial charge in [0.05, 0.1) is 11.8 Å². The normalized spacial score (nSPS) is 10.4. The molecule has 0 aliphatic heterocycles. The second-order valence-corrected chi connectivity index (χ2v) is 3.09. The van der Waals surface area contributed by atoms with Gasteiger partial charge in [0.1, 0.15) is 6.26 Å². The van der Waals surface area contributed by atoms with E-state index in [9.17, 15) is 9.59 Å². The number of nitrogens with zero attached hydrogens (tertiary/aromatic N) is 1. The van der Waals surface area contributed by atoms with Crippen molar-refractivity contribution in [1.29, 1.82) is 0 Å². The largest absolute Gasteiger partial charge is 0.446 e. The van der Waals surface area contributed by atoms with Gasteiger partial charge in [-0.15, -0.1) is 0 Å². The molecule has 0 saturated heterocycles. The molecule has 2 N–H and O–H groups in total. The molecule has 15 heavy (non-hydrogen) atoms. The van der Waals surface area contributed by atoms with E-state index in [1.165, 1.54) is 12.5 Å². The Hall–Kier alpha value is -2.17. The zero-order valence-electron chi connectivity index (χ0n) is 7.77. The van der Waals surface area contributed by atoms with Crippen molar-refractivity contribution in [3.8, 4) is 0 Å². The minimum atomic E-state index is -0.564. The first-order valence-corrected chi connectivity index (χ1v) is 4.32. The van der Waals surface area contributed by atoms with Crippen molar-refractivity contribution in [2.75, 3.05) is 0 Å². The molecular weight excluding hydrogens is 196 g/mol. The summed E-state index contributed by atoms with van der Waals surface area (Å²) >= 11 is 0. The van der Waals surface area contributed by atoms with Gasteiger partial charge in [0.2, 0.25) is 11.6 Å². The van der Waals surface area contributed by atoms with Crippen LogP contribution in [0.1, 0.15) is 5.56 Å². The van der Waals surface area contributed by atoms with E-state index in [-0.39, 0.29) is 23.1 Å². The lowest BCUT2D eigenvalue weighted by molar-refractivity contribution is -0.117. The van der Waals surface area contributed by atoms with Gasteiger partial charge in [-0.3, -0.25) is 9.59 Å². The second-order valence-electron chi connectivity index (χ2n) is 3.09. The summed E-state index contributed by atoms with van der Waals surface area (Å²) < 4.78 is 5.11. The van der Waals surface area contributed by atoms with Crippen molar-refractivity contribution in [2.24, 2.45) is 5.73 Å². The molecule has 5 heteroatoms. The molecule has 2 aromatic rings. The van der Waals surface area contributed by atoms with Gasteiger partial charge < -0.3 is 10.2 Å². The molecule has 0 aliphatic rings. The van der Waals surface area contributed by atoms with Gasteiger partial charge in [0.25, 0.3) is 0 Å². The maximum atomic E-state index is 11.8. The molecule has 0 spiro atoms. The summed E-state index contributed by atoms with van der Waals surface area (Å²) in [5, 5.41) is 0.358. The highest BCUT2D eigenvalue weighted by Gasteiger charge is 2.08. The zero-order chi connectivity index (χ0) is 10.8. The van der Waals surface area contributed by atoms with Crippen LogP contribution in [0.3, 0.4) is 0 Å². The highest BCUT2D eigenvalue weighted by molar-refractivity contribution is 5.78. The van der Waals surface area contributed by atoms with Crippen LogP contribution in [0.25, 0.3) is 11.1 Å². The lowest BCUT2D eigenvalue weighted by Crippen LogP contribution is -2.19. The average Bonchev–Trinajstić information content (AvgIpc) is 2.22. The van der Waals surface area contributed by atoms with Gasteiger partial charge in [0, 0.05) is 11.8 Å². The van der Waals surface area contributed by atoms with Gasteiger partial charge in [-0.1, -0.05) is 0 Å². The molecular formula is C10H8N2O3. The van der Waals surface area contributed by atoms with Crippen LogP contribution in [0.5, 0.6) is 0 Å². The average molecular weight is 204 g/mol. The lowest BCUT2D eigenvalue weighted by atomic mass is 10.1. The first kappa shape index (κ1) is 9.39. The van der Waals surface area contributed by atoms with Gasteiger partial charge in [0.15, 0.2) is 5.43 Å². The Morgan fingerprint density at radius 1 is 1.53 bits per heavy atom. The maximum absolute atomic E-state index is 11.8. The Morgan fingerprint density at radius 2 is 2.33 bits per heavy atom. The van der Waals surface area contributed by atoms with Gasteiger partial charge in [-0.25, -0.2) is 4.98 Å². The molecule has 0 aliphatic carbocycles. The fourth-order valence-corrected chi connectivity index (χ4v) is 1.32. The van der Waals surface area contributed by atoms with Crippen LogP contribution < -0.4 is 11.2 Å². The molecule has 1 amide bonds. The molecule has 0 radical (unpaired) electrons. The van der Waals surface area contributed by atoms with Crippen LogP contribution in [-0.2, 0) is 11.2 Å². The summed E-state index contributed by atoms with van der Waals surface area (Å²) in [4.78, 5) is 26.3. The van der Waals surface area contributed by atoms with Crippen molar-refractivity contribution in [3.63, 3.8) is 0 Å². The molecule has 0 unspecified atom stereocenters. The maximum Gasteiger partial charge on any atom is 0.229 e. The van der Waals surface area contributed by atoms with Crippen LogP contribution in [0.4, 0.5) is 0 Å². The van der Waals surface area contributed by atoms with Crippen molar-refractivity contribution in [2.45, 2.75) is 6.42 Å². The van der Waals surface area contributed by atoms with Crippen LogP contribution >= 0.6 is 0 Å². The van der Waals surface area contributed by atoms with E-state index in [1.807, 2.05) is 0 Å². The van der Waals surface area contributed by atoms with Crippen molar-refractivity contribution in [3.05, 3.63) is 40.4 Å². The Labute approximate surface area is 84.5 Å². The van der Waals surface area contributed by atoms with E-state index >= 15 is 0 Å². The third kappa shape index (κ3) is 1.71.